The SMILES string of the molecule is CC(N)C(Sc1ccccc1Cl)c1ccco1. The summed E-state index contributed by atoms with van der Waals surface area (Å²) >= 11 is 7.77. The number of rotatable bonds is 4. The van der Waals surface area contributed by atoms with Gasteiger partial charge in [-0.3, -0.25) is 0 Å². The number of hydrogen-bond acceptors (Lipinski definition) is 3. The van der Waals surface area contributed by atoms with E-state index in [0.29, 0.717) is 0 Å². The topological polar surface area (TPSA) is 39.2 Å². The quantitative estimate of drug-likeness (QED) is 0.847. The average Bonchev–Trinajstić information content (AvgIpc) is 2.81. The van der Waals surface area contributed by atoms with E-state index in [1.165, 1.54) is 0 Å². The van der Waals surface area contributed by atoms with Gasteiger partial charge < -0.3 is 10.2 Å². The van der Waals surface area contributed by atoms with Crippen molar-refractivity contribution in [1.82, 2.24) is 0 Å². The summed E-state index contributed by atoms with van der Waals surface area (Å²) < 4.78 is 5.43. The Morgan fingerprint density at radius 1 is 1.24 bits per heavy atom. The number of nitrogens with two attached hydrogens (primary N) is 1. The molecule has 0 amide bonds. The molecule has 0 saturated heterocycles. The van der Waals surface area contributed by atoms with Crippen molar-refractivity contribution >= 4 is 23.4 Å². The summed E-state index contributed by atoms with van der Waals surface area (Å²) in [5.74, 6) is 0.880. The second-order valence-corrected chi connectivity index (χ2v) is 5.43. The molecule has 2 unspecified atom stereocenters. The summed E-state index contributed by atoms with van der Waals surface area (Å²) in [5.41, 5.74) is 6.00. The van der Waals surface area contributed by atoms with E-state index in [1.807, 2.05) is 43.3 Å². The van der Waals surface area contributed by atoms with Crippen LogP contribution in [-0.4, -0.2) is 6.04 Å². The zero-order valence-electron chi connectivity index (χ0n) is 9.47. The van der Waals surface area contributed by atoms with Crippen LogP contribution in [-0.2, 0) is 0 Å². The first-order valence-corrected chi connectivity index (χ1v) is 6.64. The van der Waals surface area contributed by atoms with Crippen LogP contribution in [0.3, 0.4) is 0 Å². The fourth-order valence-electron chi connectivity index (χ4n) is 1.55. The van der Waals surface area contributed by atoms with Crippen molar-refractivity contribution in [3.8, 4) is 0 Å². The van der Waals surface area contributed by atoms with Gasteiger partial charge in [0.2, 0.25) is 0 Å². The van der Waals surface area contributed by atoms with E-state index in [4.69, 9.17) is 21.8 Å². The van der Waals surface area contributed by atoms with Gasteiger partial charge in [0.1, 0.15) is 5.76 Å². The van der Waals surface area contributed by atoms with Gasteiger partial charge in [0, 0.05) is 10.9 Å². The fraction of sp³-hybridized carbons (Fsp3) is 0.231. The highest BCUT2D eigenvalue weighted by molar-refractivity contribution is 7.99. The molecule has 2 aromatic rings. The molecule has 0 saturated carbocycles. The van der Waals surface area contributed by atoms with Gasteiger partial charge in [-0.25, -0.2) is 0 Å². The first-order valence-electron chi connectivity index (χ1n) is 5.38. The minimum atomic E-state index is -0.0116. The van der Waals surface area contributed by atoms with Crippen molar-refractivity contribution in [1.29, 1.82) is 0 Å². The van der Waals surface area contributed by atoms with Gasteiger partial charge in [-0.15, -0.1) is 11.8 Å². The Bertz CT molecular complexity index is 470. The third kappa shape index (κ3) is 3.06. The van der Waals surface area contributed by atoms with Crippen LogP contribution in [0.2, 0.25) is 5.02 Å². The lowest BCUT2D eigenvalue weighted by Crippen LogP contribution is -2.22. The molecule has 0 fully saturated rings. The Kier molecular flexibility index (Phi) is 4.15. The molecule has 90 valence electrons. The lowest BCUT2D eigenvalue weighted by molar-refractivity contribution is 0.487. The highest BCUT2D eigenvalue weighted by Crippen LogP contribution is 2.40. The van der Waals surface area contributed by atoms with Crippen LogP contribution in [0.25, 0.3) is 0 Å². The van der Waals surface area contributed by atoms with Gasteiger partial charge in [0.15, 0.2) is 0 Å². The lowest BCUT2D eigenvalue weighted by atomic mass is 10.2. The Labute approximate surface area is 110 Å². The largest absolute Gasteiger partial charge is 0.468 e. The summed E-state index contributed by atoms with van der Waals surface area (Å²) in [6, 6.07) is 11.6. The summed E-state index contributed by atoms with van der Waals surface area (Å²) in [7, 11) is 0. The number of hydrogen-bond donors (Lipinski definition) is 1. The maximum atomic E-state index is 6.14. The average molecular weight is 268 g/mol. The molecule has 1 heterocycles. The molecule has 1 aromatic heterocycles. The molecule has 17 heavy (non-hydrogen) atoms. The van der Waals surface area contributed by atoms with Crippen molar-refractivity contribution < 1.29 is 4.42 Å². The molecule has 2 rings (SSSR count). The lowest BCUT2D eigenvalue weighted by Gasteiger charge is -2.18. The van der Waals surface area contributed by atoms with Gasteiger partial charge >= 0.3 is 0 Å². The molecule has 0 radical (unpaired) electrons. The van der Waals surface area contributed by atoms with Crippen LogP contribution in [0.15, 0.2) is 52.0 Å². The van der Waals surface area contributed by atoms with Crippen LogP contribution in [0, 0.1) is 0 Å². The van der Waals surface area contributed by atoms with E-state index in [1.54, 1.807) is 18.0 Å². The third-order valence-corrected chi connectivity index (χ3v) is 4.36. The number of halogens is 1. The Balaban J connectivity index is 2.23. The molecular weight excluding hydrogens is 254 g/mol. The molecule has 2 nitrogen and oxygen atoms in total. The predicted molar refractivity (Wildman–Crippen MR) is 72.4 cm³/mol. The van der Waals surface area contributed by atoms with E-state index in [-0.39, 0.29) is 11.3 Å². The maximum absolute atomic E-state index is 6.14. The molecule has 4 heteroatoms. The molecule has 2 N–H and O–H groups in total. The Morgan fingerprint density at radius 2 is 2.00 bits per heavy atom. The van der Waals surface area contributed by atoms with Crippen molar-refractivity contribution in [3.05, 3.63) is 53.4 Å². The van der Waals surface area contributed by atoms with Crippen molar-refractivity contribution in [3.63, 3.8) is 0 Å². The molecule has 0 aliphatic heterocycles. The standard InChI is InChI=1S/C13H14ClNOS/c1-9(15)13(11-6-4-8-16-11)17-12-7-3-2-5-10(12)14/h2-9,13H,15H2,1H3. The van der Waals surface area contributed by atoms with Gasteiger partial charge in [0.05, 0.1) is 16.5 Å². The van der Waals surface area contributed by atoms with Gasteiger partial charge in [0.25, 0.3) is 0 Å². The molecule has 1 aromatic carbocycles. The zero-order valence-corrected chi connectivity index (χ0v) is 11.0. The summed E-state index contributed by atoms with van der Waals surface area (Å²) in [6.07, 6.45) is 1.66. The monoisotopic (exact) mass is 267 g/mol. The van der Waals surface area contributed by atoms with Crippen molar-refractivity contribution in [2.24, 2.45) is 5.73 Å². The summed E-state index contributed by atoms with van der Waals surface area (Å²) in [5, 5.41) is 0.819. The van der Waals surface area contributed by atoms with Gasteiger partial charge in [-0.05, 0) is 31.2 Å². The predicted octanol–water partition coefficient (Wildman–Crippen LogP) is 4.11. The maximum Gasteiger partial charge on any atom is 0.118 e. The Morgan fingerprint density at radius 3 is 2.59 bits per heavy atom. The second-order valence-electron chi connectivity index (χ2n) is 3.84. The molecule has 0 bridgehead atoms. The fourth-order valence-corrected chi connectivity index (χ4v) is 2.90. The van der Waals surface area contributed by atoms with E-state index < -0.39 is 0 Å². The highest BCUT2D eigenvalue weighted by Gasteiger charge is 2.21. The second kappa shape index (κ2) is 5.63. The molecule has 2 atom stereocenters. The molecule has 0 aliphatic rings. The van der Waals surface area contributed by atoms with Gasteiger partial charge in [-0.1, -0.05) is 23.7 Å². The zero-order chi connectivity index (χ0) is 12.3. The first-order chi connectivity index (χ1) is 8.18. The first kappa shape index (κ1) is 12.6. The van der Waals surface area contributed by atoms with E-state index >= 15 is 0 Å². The van der Waals surface area contributed by atoms with Crippen LogP contribution in [0.1, 0.15) is 17.9 Å². The minimum absolute atomic E-state index is 0.0116. The Hall–Kier alpha value is -0.900. The number of furan rings is 1. The van der Waals surface area contributed by atoms with Gasteiger partial charge in [-0.2, -0.15) is 0 Å². The van der Waals surface area contributed by atoms with E-state index in [9.17, 15) is 0 Å². The van der Waals surface area contributed by atoms with Crippen molar-refractivity contribution in [2.75, 3.05) is 0 Å². The van der Waals surface area contributed by atoms with Crippen LogP contribution >= 0.6 is 23.4 Å². The number of benzene rings is 1. The van der Waals surface area contributed by atoms with Crippen LogP contribution < -0.4 is 5.73 Å². The molecule has 0 spiro atoms. The smallest absolute Gasteiger partial charge is 0.118 e. The molecule has 0 aliphatic carbocycles. The van der Waals surface area contributed by atoms with E-state index in [0.717, 1.165) is 15.7 Å². The summed E-state index contributed by atoms with van der Waals surface area (Å²) in [4.78, 5) is 1.02. The third-order valence-electron chi connectivity index (χ3n) is 2.39. The van der Waals surface area contributed by atoms with Crippen LogP contribution in [0.4, 0.5) is 0 Å². The minimum Gasteiger partial charge on any atom is -0.468 e. The van der Waals surface area contributed by atoms with E-state index in [2.05, 4.69) is 0 Å². The normalized spacial score (nSPS) is 14.5. The summed E-state index contributed by atoms with van der Waals surface area (Å²) in [6.45, 7) is 1.97. The van der Waals surface area contributed by atoms with Crippen LogP contribution in [0.5, 0.6) is 0 Å². The van der Waals surface area contributed by atoms with Crippen molar-refractivity contribution in [2.45, 2.75) is 23.1 Å². The highest BCUT2D eigenvalue weighted by atomic mass is 35.5. The molecular formula is C13H14ClNOS. The number of thioether (sulfide) groups is 1.